The molecule has 0 bridgehead atoms. The average Bonchev–Trinajstić information content (AvgIpc) is 2.40. The molecule has 2 aromatic carbocycles. The van der Waals surface area contributed by atoms with Crippen molar-refractivity contribution in [2.24, 2.45) is 0 Å². The Hall–Kier alpha value is -2.64. The summed E-state index contributed by atoms with van der Waals surface area (Å²) in [5.74, 6) is -3.20. The summed E-state index contributed by atoms with van der Waals surface area (Å²) in [4.78, 5) is 10.1. The zero-order valence-corrected chi connectivity index (χ0v) is 10.7. The lowest BCUT2D eigenvalue weighted by Gasteiger charge is -2.11. The van der Waals surface area contributed by atoms with Gasteiger partial charge in [-0.1, -0.05) is 6.07 Å². The van der Waals surface area contributed by atoms with Gasteiger partial charge in [-0.05, 0) is 29.8 Å². The van der Waals surface area contributed by atoms with E-state index in [0.29, 0.717) is 6.07 Å². The number of carbonyl (C=O) groups is 1. The highest BCUT2D eigenvalue weighted by molar-refractivity contribution is 5.66. The van der Waals surface area contributed by atoms with E-state index in [1.165, 1.54) is 12.1 Å². The Morgan fingerprint density at radius 1 is 0.955 bits per heavy atom. The minimum atomic E-state index is -5.03. The van der Waals surface area contributed by atoms with Gasteiger partial charge >= 0.3 is 6.36 Å². The number of halogens is 5. The molecule has 0 fully saturated rings. The van der Waals surface area contributed by atoms with Gasteiger partial charge in [-0.25, -0.2) is 8.78 Å². The molecule has 0 amide bonds. The molecule has 2 rings (SSSR count). The summed E-state index contributed by atoms with van der Waals surface area (Å²) in [6, 6.07) is 5.87. The minimum absolute atomic E-state index is 0.00202. The van der Waals surface area contributed by atoms with Gasteiger partial charge < -0.3 is 9.47 Å². The first-order chi connectivity index (χ1) is 10.3. The molecule has 0 N–H and O–H groups in total. The van der Waals surface area contributed by atoms with Crippen molar-refractivity contribution in [2.75, 3.05) is 0 Å². The molecule has 2 aromatic rings. The van der Waals surface area contributed by atoms with E-state index in [1.54, 1.807) is 0 Å². The Labute approximate surface area is 120 Å². The predicted octanol–water partition coefficient (Wildman–Crippen LogP) is 4.07. The summed E-state index contributed by atoms with van der Waals surface area (Å²) in [7, 11) is 0. The Balaban J connectivity index is 2.34. The molecule has 0 aliphatic carbocycles. The van der Waals surface area contributed by atoms with Crippen LogP contribution in [-0.4, -0.2) is 12.8 Å². The normalized spacial score (nSPS) is 11.1. The topological polar surface area (TPSA) is 35.5 Å². The molecule has 8 heteroatoms. The van der Waals surface area contributed by atoms with Crippen LogP contribution in [0.2, 0.25) is 0 Å². The summed E-state index contributed by atoms with van der Waals surface area (Å²) in [6.07, 6.45) is -5.03. The quantitative estimate of drug-likeness (QED) is 0.630. The van der Waals surface area contributed by atoms with Crippen LogP contribution in [0.5, 0.6) is 11.5 Å². The van der Waals surface area contributed by atoms with Crippen molar-refractivity contribution in [3.8, 4) is 22.6 Å². The molecule has 0 heterocycles. The molecule has 0 aromatic heterocycles. The fraction of sp³-hybridized carbons (Fsp3) is 0.0714. The number of rotatable bonds is 4. The van der Waals surface area contributed by atoms with E-state index >= 15 is 0 Å². The molecular formula is C14H7F5O3. The van der Waals surface area contributed by atoms with Crippen LogP contribution < -0.4 is 9.47 Å². The van der Waals surface area contributed by atoms with Crippen LogP contribution in [0.4, 0.5) is 22.0 Å². The van der Waals surface area contributed by atoms with Gasteiger partial charge in [0.1, 0.15) is 11.6 Å². The van der Waals surface area contributed by atoms with Crippen LogP contribution in [0.15, 0.2) is 36.4 Å². The second kappa shape index (κ2) is 6.00. The number of alkyl halides is 3. The first-order valence-electron chi connectivity index (χ1n) is 5.75. The second-order valence-electron chi connectivity index (χ2n) is 4.05. The van der Waals surface area contributed by atoms with E-state index in [1.807, 2.05) is 0 Å². The van der Waals surface area contributed by atoms with Crippen molar-refractivity contribution in [1.29, 1.82) is 0 Å². The highest BCUT2D eigenvalue weighted by atomic mass is 19.4. The van der Waals surface area contributed by atoms with Gasteiger partial charge in [0.2, 0.25) is 0 Å². The maximum Gasteiger partial charge on any atom is 0.573 e. The zero-order chi connectivity index (χ0) is 16.3. The third-order valence-electron chi connectivity index (χ3n) is 2.59. The fourth-order valence-electron chi connectivity index (χ4n) is 1.73. The van der Waals surface area contributed by atoms with Crippen molar-refractivity contribution in [1.82, 2.24) is 0 Å². The summed E-state index contributed by atoms with van der Waals surface area (Å²) >= 11 is 0. The SMILES string of the molecule is O=COc1ccc(-c2ccc(OC(F)(F)F)c(F)c2)c(F)c1. The monoisotopic (exact) mass is 318 g/mol. The van der Waals surface area contributed by atoms with Crippen molar-refractivity contribution >= 4 is 6.47 Å². The second-order valence-corrected chi connectivity index (χ2v) is 4.05. The molecule has 0 aliphatic heterocycles. The lowest BCUT2D eigenvalue weighted by atomic mass is 10.0. The number of benzene rings is 2. The first kappa shape index (κ1) is 15.7. The van der Waals surface area contributed by atoms with E-state index in [9.17, 15) is 26.7 Å². The summed E-state index contributed by atoms with van der Waals surface area (Å²) in [5, 5.41) is 0. The number of hydrogen-bond acceptors (Lipinski definition) is 3. The third-order valence-corrected chi connectivity index (χ3v) is 2.59. The van der Waals surface area contributed by atoms with Gasteiger partial charge in [-0.3, -0.25) is 4.79 Å². The number of carbonyl (C=O) groups excluding carboxylic acids is 1. The molecule has 0 aliphatic rings. The maximum absolute atomic E-state index is 13.8. The van der Waals surface area contributed by atoms with Crippen LogP contribution in [0.25, 0.3) is 11.1 Å². The lowest BCUT2D eigenvalue weighted by molar-refractivity contribution is -0.275. The highest BCUT2D eigenvalue weighted by Crippen LogP contribution is 2.31. The predicted molar refractivity (Wildman–Crippen MR) is 65.2 cm³/mol. The molecule has 3 nitrogen and oxygen atoms in total. The summed E-state index contributed by atoms with van der Waals surface area (Å²) < 4.78 is 71.4. The largest absolute Gasteiger partial charge is 0.573 e. The third kappa shape index (κ3) is 3.72. The maximum atomic E-state index is 13.8. The van der Waals surface area contributed by atoms with Crippen LogP contribution in [-0.2, 0) is 4.79 Å². The van der Waals surface area contributed by atoms with Crippen LogP contribution >= 0.6 is 0 Å². The van der Waals surface area contributed by atoms with Gasteiger partial charge in [-0.15, -0.1) is 13.2 Å². The Morgan fingerprint density at radius 3 is 2.23 bits per heavy atom. The van der Waals surface area contributed by atoms with Crippen molar-refractivity contribution < 1.29 is 36.2 Å². The van der Waals surface area contributed by atoms with Gasteiger partial charge in [0, 0.05) is 11.6 Å². The molecule has 0 spiro atoms. The first-order valence-corrected chi connectivity index (χ1v) is 5.75. The van der Waals surface area contributed by atoms with E-state index in [2.05, 4.69) is 9.47 Å². The average molecular weight is 318 g/mol. The molecule has 0 saturated heterocycles. The van der Waals surface area contributed by atoms with Crippen LogP contribution in [0.3, 0.4) is 0 Å². The van der Waals surface area contributed by atoms with Crippen LogP contribution in [0.1, 0.15) is 0 Å². The van der Waals surface area contributed by atoms with E-state index in [4.69, 9.17) is 0 Å². The van der Waals surface area contributed by atoms with Crippen molar-refractivity contribution in [3.05, 3.63) is 48.0 Å². The minimum Gasteiger partial charge on any atom is -0.429 e. The van der Waals surface area contributed by atoms with E-state index < -0.39 is 23.7 Å². The fourth-order valence-corrected chi connectivity index (χ4v) is 1.73. The Bertz CT molecular complexity index is 697. The van der Waals surface area contributed by atoms with Crippen molar-refractivity contribution in [3.63, 3.8) is 0 Å². The molecule has 0 saturated carbocycles. The molecule has 116 valence electrons. The standard InChI is InChI=1S/C14H7F5O3/c15-11-6-9(21-7-20)2-3-10(11)8-1-4-13(12(16)5-8)22-14(17,18)19/h1-7H. The van der Waals surface area contributed by atoms with Crippen molar-refractivity contribution in [2.45, 2.75) is 6.36 Å². The van der Waals surface area contributed by atoms with Crippen LogP contribution in [0, 0.1) is 11.6 Å². The summed E-state index contributed by atoms with van der Waals surface area (Å²) in [5.41, 5.74) is -0.0714. The highest BCUT2D eigenvalue weighted by Gasteiger charge is 2.32. The number of hydrogen-bond donors (Lipinski definition) is 0. The van der Waals surface area contributed by atoms with E-state index in [-0.39, 0.29) is 23.3 Å². The molecule has 0 radical (unpaired) electrons. The molecule has 0 atom stereocenters. The lowest BCUT2D eigenvalue weighted by Crippen LogP contribution is -2.17. The summed E-state index contributed by atoms with van der Waals surface area (Å²) in [6.45, 7) is 0.109. The Morgan fingerprint density at radius 2 is 1.68 bits per heavy atom. The molecular weight excluding hydrogens is 311 g/mol. The smallest absolute Gasteiger partial charge is 0.429 e. The molecule has 22 heavy (non-hydrogen) atoms. The van der Waals surface area contributed by atoms with Gasteiger partial charge in [0.25, 0.3) is 6.47 Å². The van der Waals surface area contributed by atoms with Gasteiger partial charge in [0.05, 0.1) is 0 Å². The zero-order valence-electron chi connectivity index (χ0n) is 10.7. The van der Waals surface area contributed by atoms with Gasteiger partial charge in [0.15, 0.2) is 11.6 Å². The Kier molecular flexibility index (Phi) is 4.30. The number of ether oxygens (including phenoxy) is 2. The van der Waals surface area contributed by atoms with Gasteiger partial charge in [-0.2, -0.15) is 0 Å². The van der Waals surface area contributed by atoms with E-state index in [0.717, 1.165) is 18.2 Å². The molecule has 0 unspecified atom stereocenters.